The molecule has 0 bridgehead atoms. The first-order valence-electron chi connectivity index (χ1n) is 6.52. The second-order valence-electron chi connectivity index (χ2n) is 5.39. The lowest BCUT2D eigenvalue weighted by molar-refractivity contribution is 0.0626. The Labute approximate surface area is 110 Å². The molecule has 1 aliphatic carbocycles. The monoisotopic (exact) mass is 263 g/mol. The van der Waals surface area contributed by atoms with E-state index in [0.717, 1.165) is 31.4 Å². The molecular weight excluding hydrogens is 248 g/mol. The third-order valence-corrected chi connectivity index (χ3v) is 4.21. The fourth-order valence-electron chi connectivity index (χ4n) is 2.79. The number of hydrogen-bond donors (Lipinski definition) is 0. The van der Waals surface area contributed by atoms with Crippen LogP contribution in [-0.2, 0) is 0 Å². The Morgan fingerprint density at radius 1 is 1.16 bits per heavy atom. The van der Waals surface area contributed by atoms with Crippen molar-refractivity contribution in [2.45, 2.75) is 19.3 Å². The number of hydrogen-bond acceptors (Lipinski definition) is 1. The number of rotatable bonds is 1. The number of nitrogens with zero attached hydrogens (tertiary/aromatic N) is 1. The van der Waals surface area contributed by atoms with E-state index in [1.807, 2.05) is 0 Å². The second kappa shape index (κ2) is 4.44. The molecule has 1 fully saturated rings. The van der Waals surface area contributed by atoms with Crippen molar-refractivity contribution in [3.8, 4) is 0 Å². The summed E-state index contributed by atoms with van der Waals surface area (Å²) in [6.07, 6.45) is 7.40. The van der Waals surface area contributed by atoms with Crippen LogP contribution in [0.3, 0.4) is 0 Å². The van der Waals surface area contributed by atoms with E-state index >= 15 is 0 Å². The summed E-state index contributed by atoms with van der Waals surface area (Å²) in [5, 5.41) is 0. The standard InChI is InChI=1S/C15H15F2NO/c16-12-3-2-11(10-13(12)17)14(19)18-8-6-15(7-9-18)4-1-5-15/h1-4,10H,5-9H2. The fraction of sp³-hybridized carbons (Fsp3) is 0.400. The van der Waals surface area contributed by atoms with E-state index < -0.39 is 11.6 Å². The van der Waals surface area contributed by atoms with Crippen molar-refractivity contribution in [3.05, 3.63) is 47.5 Å². The Kier molecular flexibility index (Phi) is 2.88. The summed E-state index contributed by atoms with van der Waals surface area (Å²) < 4.78 is 26.0. The lowest BCUT2D eigenvalue weighted by Gasteiger charge is -2.43. The zero-order valence-corrected chi connectivity index (χ0v) is 10.5. The van der Waals surface area contributed by atoms with Crippen LogP contribution >= 0.6 is 0 Å². The predicted octanol–water partition coefficient (Wildman–Crippen LogP) is 3.15. The van der Waals surface area contributed by atoms with Gasteiger partial charge in [-0.2, -0.15) is 0 Å². The van der Waals surface area contributed by atoms with Crippen molar-refractivity contribution in [2.75, 3.05) is 13.1 Å². The fourth-order valence-corrected chi connectivity index (χ4v) is 2.79. The molecule has 1 aliphatic heterocycles. The predicted molar refractivity (Wildman–Crippen MR) is 67.7 cm³/mol. The molecule has 0 N–H and O–H groups in total. The highest BCUT2D eigenvalue weighted by Crippen LogP contribution is 2.42. The van der Waals surface area contributed by atoms with E-state index in [2.05, 4.69) is 12.2 Å². The maximum atomic E-state index is 13.1. The molecule has 0 aromatic heterocycles. The van der Waals surface area contributed by atoms with E-state index in [1.54, 1.807) is 4.90 Å². The van der Waals surface area contributed by atoms with Gasteiger partial charge in [-0.3, -0.25) is 4.79 Å². The lowest BCUT2D eigenvalue weighted by atomic mass is 9.69. The largest absolute Gasteiger partial charge is 0.339 e. The zero-order chi connectivity index (χ0) is 13.5. The van der Waals surface area contributed by atoms with Crippen LogP contribution in [0.15, 0.2) is 30.4 Å². The quantitative estimate of drug-likeness (QED) is 0.713. The van der Waals surface area contributed by atoms with E-state index in [1.165, 1.54) is 6.07 Å². The van der Waals surface area contributed by atoms with Gasteiger partial charge < -0.3 is 4.90 Å². The topological polar surface area (TPSA) is 20.3 Å². The van der Waals surface area contributed by atoms with Gasteiger partial charge in [0.15, 0.2) is 11.6 Å². The van der Waals surface area contributed by atoms with Gasteiger partial charge in [0.05, 0.1) is 0 Å². The van der Waals surface area contributed by atoms with Gasteiger partial charge in [0.25, 0.3) is 5.91 Å². The normalized spacial score (nSPS) is 20.4. The van der Waals surface area contributed by atoms with Gasteiger partial charge in [-0.15, -0.1) is 0 Å². The highest BCUT2D eigenvalue weighted by molar-refractivity contribution is 5.94. The molecule has 3 rings (SSSR count). The Bertz CT molecular complexity index is 545. The van der Waals surface area contributed by atoms with Crippen LogP contribution in [0.25, 0.3) is 0 Å². The van der Waals surface area contributed by atoms with Crippen LogP contribution < -0.4 is 0 Å². The third kappa shape index (κ3) is 2.15. The maximum absolute atomic E-state index is 13.1. The van der Waals surface area contributed by atoms with Crippen molar-refractivity contribution < 1.29 is 13.6 Å². The number of carbonyl (C=O) groups excluding carboxylic acids is 1. The SMILES string of the molecule is O=C(c1ccc(F)c(F)c1)N1CCC2(C=CC2)CC1. The minimum atomic E-state index is -0.971. The number of amides is 1. The van der Waals surface area contributed by atoms with Crippen molar-refractivity contribution in [1.82, 2.24) is 4.90 Å². The van der Waals surface area contributed by atoms with Crippen LogP contribution in [-0.4, -0.2) is 23.9 Å². The Morgan fingerprint density at radius 2 is 1.84 bits per heavy atom. The van der Waals surface area contributed by atoms with Crippen molar-refractivity contribution >= 4 is 5.91 Å². The maximum Gasteiger partial charge on any atom is 0.253 e. The van der Waals surface area contributed by atoms with Crippen molar-refractivity contribution in [2.24, 2.45) is 5.41 Å². The summed E-state index contributed by atoms with van der Waals surface area (Å²) in [5.41, 5.74) is 0.518. The number of piperidine rings is 1. The number of halogens is 2. The lowest BCUT2D eigenvalue weighted by Crippen LogP contribution is -2.44. The first-order valence-corrected chi connectivity index (χ1v) is 6.52. The third-order valence-electron chi connectivity index (χ3n) is 4.21. The van der Waals surface area contributed by atoms with Crippen LogP contribution in [0.5, 0.6) is 0 Å². The summed E-state index contributed by atoms with van der Waals surface area (Å²) >= 11 is 0. The Balaban J connectivity index is 1.70. The first kappa shape index (κ1) is 12.3. The highest BCUT2D eigenvalue weighted by atomic mass is 19.2. The average molecular weight is 263 g/mol. The molecular formula is C15H15F2NO. The zero-order valence-electron chi connectivity index (χ0n) is 10.5. The van der Waals surface area contributed by atoms with Gasteiger partial charge in [-0.05, 0) is 42.9 Å². The second-order valence-corrected chi connectivity index (χ2v) is 5.39. The van der Waals surface area contributed by atoms with E-state index in [9.17, 15) is 13.6 Å². The van der Waals surface area contributed by atoms with Gasteiger partial charge in [0.1, 0.15) is 0 Å². The summed E-state index contributed by atoms with van der Waals surface area (Å²) in [4.78, 5) is 13.9. The van der Waals surface area contributed by atoms with Crippen molar-refractivity contribution in [1.29, 1.82) is 0 Å². The molecule has 1 amide bonds. The van der Waals surface area contributed by atoms with Crippen molar-refractivity contribution in [3.63, 3.8) is 0 Å². The first-order chi connectivity index (χ1) is 9.10. The Morgan fingerprint density at radius 3 is 2.37 bits per heavy atom. The van der Waals surface area contributed by atoms with Crippen LogP contribution in [0.1, 0.15) is 29.6 Å². The molecule has 1 heterocycles. The van der Waals surface area contributed by atoms with Crippen LogP contribution in [0.2, 0.25) is 0 Å². The molecule has 2 aliphatic rings. The number of carbonyl (C=O) groups is 1. The molecule has 1 aromatic rings. The van der Waals surface area contributed by atoms with Gasteiger partial charge in [-0.1, -0.05) is 12.2 Å². The summed E-state index contributed by atoms with van der Waals surface area (Å²) in [6, 6.07) is 3.32. The molecule has 0 unspecified atom stereocenters. The van der Waals surface area contributed by atoms with Crippen LogP contribution in [0.4, 0.5) is 8.78 Å². The Hall–Kier alpha value is -1.71. The van der Waals surface area contributed by atoms with E-state index in [0.29, 0.717) is 18.5 Å². The molecule has 0 radical (unpaired) electrons. The molecule has 4 heteroatoms. The average Bonchev–Trinajstić information content (AvgIpc) is 2.39. The smallest absolute Gasteiger partial charge is 0.253 e. The minimum absolute atomic E-state index is 0.211. The molecule has 19 heavy (non-hydrogen) atoms. The van der Waals surface area contributed by atoms with E-state index in [4.69, 9.17) is 0 Å². The van der Waals surface area contributed by atoms with Crippen LogP contribution in [0, 0.1) is 17.0 Å². The van der Waals surface area contributed by atoms with Gasteiger partial charge in [-0.25, -0.2) is 8.78 Å². The molecule has 1 saturated heterocycles. The molecule has 100 valence electrons. The summed E-state index contributed by atoms with van der Waals surface area (Å²) in [5.74, 6) is -2.10. The highest BCUT2D eigenvalue weighted by Gasteiger charge is 2.36. The number of benzene rings is 1. The molecule has 1 aromatic carbocycles. The molecule has 0 atom stereocenters. The number of likely N-dealkylation sites (tertiary alicyclic amines) is 1. The minimum Gasteiger partial charge on any atom is -0.339 e. The number of allylic oxidation sites excluding steroid dienone is 2. The van der Waals surface area contributed by atoms with Gasteiger partial charge in [0.2, 0.25) is 0 Å². The molecule has 2 nitrogen and oxygen atoms in total. The summed E-state index contributed by atoms with van der Waals surface area (Å²) in [6.45, 7) is 1.37. The van der Waals surface area contributed by atoms with E-state index in [-0.39, 0.29) is 11.5 Å². The van der Waals surface area contributed by atoms with Gasteiger partial charge in [0, 0.05) is 18.7 Å². The van der Waals surface area contributed by atoms with Gasteiger partial charge >= 0.3 is 0 Å². The summed E-state index contributed by atoms with van der Waals surface area (Å²) in [7, 11) is 0. The molecule has 1 spiro atoms. The molecule has 0 saturated carbocycles.